The van der Waals surface area contributed by atoms with E-state index >= 15 is 0 Å². The second kappa shape index (κ2) is 11.0. The first-order chi connectivity index (χ1) is 14.6. The molecule has 0 bridgehead atoms. The maximum atomic E-state index is 14.0. The molecule has 0 fully saturated rings. The van der Waals surface area contributed by atoms with Gasteiger partial charge in [-0.25, -0.2) is 8.78 Å². The summed E-state index contributed by atoms with van der Waals surface area (Å²) in [5, 5.41) is 3.70. The van der Waals surface area contributed by atoms with E-state index in [1.54, 1.807) is 24.3 Å². The van der Waals surface area contributed by atoms with Crippen molar-refractivity contribution < 1.29 is 18.3 Å². The fraction of sp³-hybridized carbons (Fsp3) is 0.250. The van der Waals surface area contributed by atoms with Gasteiger partial charge in [0.2, 0.25) is 0 Å². The molecule has 0 heterocycles. The van der Waals surface area contributed by atoms with Crippen LogP contribution in [-0.4, -0.2) is 13.2 Å². The molecule has 0 spiro atoms. The number of benzene rings is 3. The van der Waals surface area contributed by atoms with Gasteiger partial charge in [0.25, 0.3) is 0 Å². The fourth-order valence-corrected chi connectivity index (χ4v) is 3.20. The molecule has 3 aromatic carbocycles. The van der Waals surface area contributed by atoms with Gasteiger partial charge in [0.05, 0.1) is 11.6 Å². The first kappa shape index (κ1) is 22.1. The van der Waals surface area contributed by atoms with E-state index in [0.717, 1.165) is 24.1 Å². The van der Waals surface area contributed by atoms with E-state index in [-0.39, 0.29) is 12.4 Å². The first-order valence-corrected chi connectivity index (χ1v) is 10.2. The molecule has 0 amide bonds. The number of rotatable bonds is 10. The Labute approximate surface area is 180 Å². The van der Waals surface area contributed by atoms with Gasteiger partial charge in [-0.3, -0.25) is 0 Å². The summed E-state index contributed by atoms with van der Waals surface area (Å²) in [6.07, 6.45) is 0.809. The summed E-state index contributed by atoms with van der Waals surface area (Å²) in [6.45, 7) is 3.81. The van der Waals surface area contributed by atoms with Crippen LogP contribution in [0.3, 0.4) is 0 Å². The molecule has 1 N–H and O–H groups in total. The molecule has 0 aliphatic heterocycles. The third kappa shape index (κ3) is 6.18. The second-order valence-electron chi connectivity index (χ2n) is 6.76. The topological polar surface area (TPSA) is 30.5 Å². The molecule has 30 heavy (non-hydrogen) atoms. The highest BCUT2D eigenvalue weighted by atomic mass is 35.5. The lowest BCUT2D eigenvalue weighted by molar-refractivity contribution is 0.265. The van der Waals surface area contributed by atoms with Crippen molar-refractivity contribution in [2.45, 2.75) is 26.5 Å². The Bertz CT molecular complexity index is 944. The molecule has 3 nitrogen and oxygen atoms in total. The van der Waals surface area contributed by atoms with Gasteiger partial charge < -0.3 is 14.8 Å². The Morgan fingerprint density at radius 2 is 1.67 bits per heavy atom. The summed E-state index contributed by atoms with van der Waals surface area (Å²) >= 11 is 6.07. The molecule has 6 heteroatoms. The third-order valence-electron chi connectivity index (χ3n) is 4.57. The van der Waals surface area contributed by atoms with Crippen LogP contribution < -0.4 is 14.8 Å². The van der Waals surface area contributed by atoms with Gasteiger partial charge in [-0.1, -0.05) is 35.9 Å². The SMILES string of the molecule is CCOc1cc(CNCCc2ccc(F)cc2)ccc1OCc1c(F)cccc1Cl. The minimum atomic E-state index is -0.401. The van der Waals surface area contributed by atoms with Gasteiger partial charge >= 0.3 is 0 Å². The predicted molar refractivity (Wildman–Crippen MR) is 115 cm³/mol. The standard InChI is InChI=1S/C24H24ClF2NO2/c1-2-29-24-14-18(15-28-13-12-17-6-9-19(26)10-7-17)8-11-23(24)30-16-20-21(25)4-3-5-22(20)27/h3-11,14,28H,2,12-13,15-16H2,1H3. The van der Waals surface area contributed by atoms with Crippen LogP contribution in [0.25, 0.3) is 0 Å². The van der Waals surface area contributed by atoms with Crippen molar-refractivity contribution >= 4 is 11.6 Å². The molecular formula is C24H24ClF2NO2. The molecule has 3 aromatic rings. The summed E-state index contributed by atoms with van der Waals surface area (Å²) in [5.41, 5.74) is 2.43. The van der Waals surface area contributed by atoms with Crippen LogP contribution in [0.2, 0.25) is 5.02 Å². The molecular weight excluding hydrogens is 408 g/mol. The van der Waals surface area contributed by atoms with Crippen molar-refractivity contribution in [2.24, 2.45) is 0 Å². The number of halogens is 3. The molecule has 0 atom stereocenters. The van der Waals surface area contributed by atoms with Crippen LogP contribution in [-0.2, 0) is 19.6 Å². The Morgan fingerprint density at radius 1 is 0.900 bits per heavy atom. The molecule has 0 saturated carbocycles. The quantitative estimate of drug-likeness (QED) is 0.404. The van der Waals surface area contributed by atoms with E-state index in [1.807, 2.05) is 25.1 Å². The smallest absolute Gasteiger partial charge is 0.161 e. The average molecular weight is 432 g/mol. The number of ether oxygens (including phenoxy) is 2. The highest BCUT2D eigenvalue weighted by Crippen LogP contribution is 2.30. The highest BCUT2D eigenvalue weighted by Gasteiger charge is 2.11. The van der Waals surface area contributed by atoms with E-state index in [1.165, 1.54) is 18.2 Å². The predicted octanol–water partition coefficient (Wildman–Crippen LogP) is 5.93. The molecule has 0 aliphatic rings. The maximum Gasteiger partial charge on any atom is 0.161 e. The van der Waals surface area contributed by atoms with Crippen molar-refractivity contribution in [3.8, 4) is 11.5 Å². The molecule has 0 aliphatic carbocycles. The van der Waals surface area contributed by atoms with Crippen LogP contribution in [0.5, 0.6) is 11.5 Å². The van der Waals surface area contributed by atoms with Crippen molar-refractivity contribution in [3.05, 3.63) is 94.0 Å². The maximum absolute atomic E-state index is 14.0. The molecule has 0 saturated heterocycles. The van der Waals surface area contributed by atoms with Crippen LogP contribution >= 0.6 is 11.6 Å². The molecule has 3 rings (SSSR count). The molecule has 0 aromatic heterocycles. The molecule has 0 unspecified atom stereocenters. The normalized spacial score (nSPS) is 10.8. The Morgan fingerprint density at radius 3 is 2.40 bits per heavy atom. The van der Waals surface area contributed by atoms with Crippen molar-refractivity contribution in [2.75, 3.05) is 13.2 Å². The van der Waals surface area contributed by atoms with Crippen LogP contribution in [0.4, 0.5) is 8.78 Å². The highest BCUT2D eigenvalue weighted by molar-refractivity contribution is 6.31. The zero-order valence-electron chi connectivity index (χ0n) is 16.8. The number of hydrogen-bond acceptors (Lipinski definition) is 3. The van der Waals surface area contributed by atoms with Gasteiger partial charge in [-0.05, 0) is 67.4 Å². The lowest BCUT2D eigenvalue weighted by Gasteiger charge is -2.15. The molecule has 158 valence electrons. The molecule has 0 radical (unpaired) electrons. The minimum absolute atomic E-state index is 0.0147. The first-order valence-electron chi connectivity index (χ1n) is 9.83. The van der Waals surface area contributed by atoms with Gasteiger partial charge in [0, 0.05) is 12.1 Å². The lowest BCUT2D eigenvalue weighted by atomic mass is 10.1. The van der Waals surface area contributed by atoms with Crippen LogP contribution in [0, 0.1) is 11.6 Å². The van der Waals surface area contributed by atoms with Gasteiger partial charge in [-0.2, -0.15) is 0 Å². The zero-order chi connectivity index (χ0) is 21.3. The summed E-state index contributed by atoms with van der Waals surface area (Å²) in [6, 6.07) is 16.7. The summed E-state index contributed by atoms with van der Waals surface area (Å²) in [7, 11) is 0. The lowest BCUT2D eigenvalue weighted by Crippen LogP contribution is -2.16. The van der Waals surface area contributed by atoms with Crippen molar-refractivity contribution in [1.29, 1.82) is 0 Å². The average Bonchev–Trinajstić information content (AvgIpc) is 2.73. The van der Waals surface area contributed by atoms with Gasteiger partial charge in [0.15, 0.2) is 11.5 Å². The van der Waals surface area contributed by atoms with E-state index in [0.29, 0.717) is 35.2 Å². The fourth-order valence-electron chi connectivity index (χ4n) is 2.99. The van der Waals surface area contributed by atoms with Crippen molar-refractivity contribution in [3.63, 3.8) is 0 Å². The number of nitrogens with one attached hydrogen (secondary N) is 1. The Hall–Kier alpha value is -2.63. The van der Waals surface area contributed by atoms with E-state index in [9.17, 15) is 8.78 Å². The van der Waals surface area contributed by atoms with Gasteiger partial charge in [-0.15, -0.1) is 0 Å². The Kier molecular flexibility index (Phi) is 8.05. The van der Waals surface area contributed by atoms with E-state index < -0.39 is 5.82 Å². The van der Waals surface area contributed by atoms with Crippen LogP contribution in [0.1, 0.15) is 23.6 Å². The van der Waals surface area contributed by atoms with Crippen molar-refractivity contribution in [1.82, 2.24) is 5.32 Å². The van der Waals surface area contributed by atoms with Crippen LogP contribution in [0.15, 0.2) is 60.7 Å². The summed E-state index contributed by atoms with van der Waals surface area (Å²) in [4.78, 5) is 0. The largest absolute Gasteiger partial charge is 0.490 e. The second-order valence-corrected chi connectivity index (χ2v) is 7.16. The zero-order valence-corrected chi connectivity index (χ0v) is 17.5. The third-order valence-corrected chi connectivity index (χ3v) is 4.93. The van der Waals surface area contributed by atoms with E-state index in [4.69, 9.17) is 21.1 Å². The summed E-state index contributed by atoms with van der Waals surface area (Å²) < 4.78 is 38.4. The summed E-state index contributed by atoms with van der Waals surface area (Å²) in [5.74, 6) is 0.506. The van der Waals surface area contributed by atoms with Gasteiger partial charge in [0.1, 0.15) is 18.2 Å². The minimum Gasteiger partial charge on any atom is -0.490 e. The Balaban J connectivity index is 1.58. The number of hydrogen-bond donors (Lipinski definition) is 1. The monoisotopic (exact) mass is 431 g/mol. The van der Waals surface area contributed by atoms with E-state index in [2.05, 4.69) is 5.32 Å².